The summed E-state index contributed by atoms with van der Waals surface area (Å²) in [4.78, 5) is 3.97. The van der Waals surface area contributed by atoms with Gasteiger partial charge in [-0.3, -0.25) is 4.98 Å². The molecule has 0 amide bonds. The molecule has 2 rings (SSSR count). The maximum Gasteiger partial charge on any atom is 0.124 e. The summed E-state index contributed by atoms with van der Waals surface area (Å²) in [6, 6.07) is 8.41. The van der Waals surface area contributed by atoms with Crippen molar-refractivity contribution in [2.24, 2.45) is 0 Å². The molecule has 4 heteroatoms. The van der Waals surface area contributed by atoms with Crippen molar-refractivity contribution in [2.75, 3.05) is 0 Å². The first-order chi connectivity index (χ1) is 9.94. The highest BCUT2D eigenvalue weighted by Crippen LogP contribution is 2.21. The van der Waals surface area contributed by atoms with Gasteiger partial charge >= 0.3 is 0 Å². The molecular formula is C17H21FN2O. The van der Waals surface area contributed by atoms with Crippen LogP contribution >= 0.6 is 0 Å². The summed E-state index contributed by atoms with van der Waals surface area (Å²) in [5.41, 5.74) is 1.82. The van der Waals surface area contributed by atoms with Crippen molar-refractivity contribution >= 4 is 0 Å². The van der Waals surface area contributed by atoms with Gasteiger partial charge in [0, 0.05) is 30.0 Å². The number of hydrogen-bond donors (Lipinski definition) is 1. The van der Waals surface area contributed by atoms with E-state index in [1.807, 2.05) is 12.1 Å². The molecule has 0 saturated heterocycles. The summed E-state index contributed by atoms with van der Waals surface area (Å²) < 4.78 is 19.2. The highest BCUT2D eigenvalue weighted by atomic mass is 19.1. The average Bonchev–Trinajstić information content (AvgIpc) is 2.44. The molecule has 0 fully saturated rings. The number of aromatic nitrogens is 1. The normalized spacial score (nSPS) is 11.4. The third kappa shape index (κ3) is 5.16. The molecule has 112 valence electrons. The third-order valence-electron chi connectivity index (χ3n) is 2.98. The summed E-state index contributed by atoms with van der Waals surface area (Å²) in [6.45, 7) is 7.22. The van der Waals surface area contributed by atoms with Crippen molar-refractivity contribution in [1.29, 1.82) is 0 Å². The Labute approximate surface area is 125 Å². The van der Waals surface area contributed by atoms with Crippen molar-refractivity contribution in [3.8, 4) is 5.75 Å². The van der Waals surface area contributed by atoms with Crippen LogP contribution in [0.3, 0.4) is 0 Å². The van der Waals surface area contributed by atoms with Crippen LogP contribution in [0.25, 0.3) is 0 Å². The van der Waals surface area contributed by atoms with Crippen molar-refractivity contribution in [2.45, 2.75) is 39.5 Å². The number of hydrogen-bond acceptors (Lipinski definition) is 3. The van der Waals surface area contributed by atoms with E-state index in [4.69, 9.17) is 4.74 Å². The molecule has 1 N–H and O–H groups in total. The van der Waals surface area contributed by atoms with Crippen LogP contribution in [0.4, 0.5) is 4.39 Å². The molecule has 0 atom stereocenters. The Balaban J connectivity index is 2.07. The number of benzene rings is 1. The van der Waals surface area contributed by atoms with Gasteiger partial charge < -0.3 is 10.1 Å². The fourth-order valence-corrected chi connectivity index (χ4v) is 1.83. The highest BCUT2D eigenvalue weighted by molar-refractivity contribution is 5.34. The van der Waals surface area contributed by atoms with Crippen LogP contribution in [-0.4, -0.2) is 10.5 Å². The van der Waals surface area contributed by atoms with Crippen molar-refractivity contribution in [1.82, 2.24) is 10.3 Å². The number of pyridine rings is 1. The largest absolute Gasteiger partial charge is 0.489 e. The zero-order valence-corrected chi connectivity index (χ0v) is 12.7. The number of nitrogens with zero attached hydrogens (tertiary/aromatic N) is 1. The van der Waals surface area contributed by atoms with Gasteiger partial charge in [-0.2, -0.15) is 0 Å². The van der Waals surface area contributed by atoms with E-state index < -0.39 is 0 Å². The monoisotopic (exact) mass is 288 g/mol. The lowest BCUT2D eigenvalue weighted by atomic mass is 10.1. The van der Waals surface area contributed by atoms with Crippen molar-refractivity contribution in [3.63, 3.8) is 0 Å². The van der Waals surface area contributed by atoms with Crippen molar-refractivity contribution in [3.05, 3.63) is 59.7 Å². The Morgan fingerprint density at radius 3 is 2.52 bits per heavy atom. The summed E-state index contributed by atoms with van der Waals surface area (Å²) in [5, 5.41) is 3.35. The topological polar surface area (TPSA) is 34.1 Å². The molecule has 0 radical (unpaired) electrons. The van der Waals surface area contributed by atoms with Gasteiger partial charge in [-0.25, -0.2) is 4.39 Å². The standard InChI is InChI=1S/C17H21FN2O/c1-17(2,3)20-11-14-10-15(18)4-5-16(14)21-12-13-6-8-19-9-7-13/h4-10,20H,11-12H2,1-3H3. The first-order valence-corrected chi connectivity index (χ1v) is 6.99. The minimum absolute atomic E-state index is 0.0330. The van der Waals surface area contributed by atoms with Gasteiger partial charge in [0.15, 0.2) is 0 Å². The summed E-state index contributed by atoms with van der Waals surface area (Å²) in [5.74, 6) is 0.446. The maximum absolute atomic E-state index is 13.4. The summed E-state index contributed by atoms with van der Waals surface area (Å²) in [6.07, 6.45) is 3.46. The van der Waals surface area contributed by atoms with E-state index in [0.717, 1.165) is 11.1 Å². The van der Waals surface area contributed by atoms with Gasteiger partial charge in [0.25, 0.3) is 0 Å². The number of ether oxygens (including phenoxy) is 1. The number of rotatable bonds is 5. The van der Waals surface area contributed by atoms with E-state index in [1.54, 1.807) is 18.5 Å². The van der Waals surface area contributed by atoms with Crippen LogP contribution in [0.1, 0.15) is 31.9 Å². The minimum Gasteiger partial charge on any atom is -0.489 e. The van der Waals surface area contributed by atoms with E-state index >= 15 is 0 Å². The molecule has 21 heavy (non-hydrogen) atoms. The zero-order chi connectivity index (χ0) is 15.3. The Morgan fingerprint density at radius 2 is 1.86 bits per heavy atom. The molecule has 3 nitrogen and oxygen atoms in total. The zero-order valence-electron chi connectivity index (χ0n) is 12.7. The predicted octanol–water partition coefficient (Wildman–Crippen LogP) is 3.69. The molecule has 2 aromatic rings. The van der Waals surface area contributed by atoms with E-state index in [0.29, 0.717) is 18.9 Å². The molecule has 1 aromatic heterocycles. The maximum atomic E-state index is 13.4. The van der Waals surface area contributed by atoms with Gasteiger partial charge in [0.05, 0.1) is 0 Å². The van der Waals surface area contributed by atoms with Gasteiger partial charge in [-0.05, 0) is 56.7 Å². The second kappa shape index (κ2) is 6.68. The van der Waals surface area contributed by atoms with Crippen LogP contribution in [-0.2, 0) is 13.2 Å². The number of nitrogens with one attached hydrogen (secondary N) is 1. The van der Waals surface area contributed by atoms with Gasteiger partial charge in [0.2, 0.25) is 0 Å². The van der Waals surface area contributed by atoms with E-state index in [2.05, 4.69) is 31.1 Å². The molecule has 0 unspecified atom stereocenters. The van der Waals surface area contributed by atoms with Crippen LogP contribution in [0.15, 0.2) is 42.7 Å². The SMILES string of the molecule is CC(C)(C)NCc1cc(F)ccc1OCc1ccncc1. The first kappa shape index (κ1) is 15.4. The average molecular weight is 288 g/mol. The Morgan fingerprint density at radius 1 is 1.14 bits per heavy atom. The lowest BCUT2D eigenvalue weighted by molar-refractivity contribution is 0.299. The molecule has 1 heterocycles. The van der Waals surface area contributed by atoms with Crippen LogP contribution < -0.4 is 10.1 Å². The number of halogens is 1. The predicted molar refractivity (Wildman–Crippen MR) is 81.6 cm³/mol. The smallest absolute Gasteiger partial charge is 0.124 e. The molecule has 0 aliphatic carbocycles. The minimum atomic E-state index is -0.253. The van der Waals surface area contributed by atoms with E-state index in [9.17, 15) is 4.39 Å². The van der Waals surface area contributed by atoms with Gasteiger partial charge in [-0.1, -0.05) is 0 Å². The molecule has 0 aliphatic heterocycles. The Bertz CT molecular complexity index is 579. The third-order valence-corrected chi connectivity index (χ3v) is 2.98. The molecule has 0 saturated carbocycles. The van der Waals surface area contributed by atoms with Crippen molar-refractivity contribution < 1.29 is 9.13 Å². The molecular weight excluding hydrogens is 267 g/mol. The quantitative estimate of drug-likeness (QED) is 0.911. The van der Waals surface area contributed by atoms with Crippen LogP contribution in [0.2, 0.25) is 0 Å². The fraction of sp³-hybridized carbons (Fsp3) is 0.353. The molecule has 0 spiro atoms. The first-order valence-electron chi connectivity index (χ1n) is 6.99. The lowest BCUT2D eigenvalue weighted by Gasteiger charge is -2.21. The Kier molecular flexibility index (Phi) is 4.91. The molecule has 1 aromatic carbocycles. The molecule has 0 aliphatic rings. The second-order valence-electron chi connectivity index (χ2n) is 6.00. The van der Waals surface area contributed by atoms with Gasteiger partial charge in [0.1, 0.15) is 18.2 Å². The molecule has 0 bridgehead atoms. The van der Waals surface area contributed by atoms with Gasteiger partial charge in [-0.15, -0.1) is 0 Å². The van der Waals surface area contributed by atoms with Crippen LogP contribution in [0, 0.1) is 5.82 Å². The second-order valence-corrected chi connectivity index (χ2v) is 6.00. The van der Waals surface area contributed by atoms with E-state index in [1.165, 1.54) is 12.1 Å². The Hall–Kier alpha value is -1.94. The summed E-state index contributed by atoms with van der Waals surface area (Å²) in [7, 11) is 0. The lowest BCUT2D eigenvalue weighted by Crippen LogP contribution is -2.35. The highest BCUT2D eigenvalue weighted by Gasteiger charge is 2.12. The van der Waals surface area contributed by atoms with E-state index in [-0.39, 0.29) is 11.4 Å². The fourth-order valence-electron chi connectivity index (χ4n) is 1.83. The summed E-state index contributed by atoms with van der Waals surface area (Å²) >= 11 is 0. The van der Waals surface area contributed by atoms with Crippen LogP contribution in [0.5, 0.6) is 5.75 Å².